The smallest absolute Gasteiger partial charge is 0.410 e. The van der Waals surface area contributed by atoms with Gasteiger partial charge in [-0.05, 0) is 75.0 Å². The van der Waals surface area contributed by atoms with Crippen molar-refractivity contribution < 1.29 is 19.1 Å². The monoisotopic (exact) mass is 533 g/mol. The highest BCUT2D eigenvalue weighted by Crippen LogP contribution is 2.42. The van der Waals surface area contributed by atoms with Crippen LogP contribution in [-0.4, -0.2) is 65.5 Å². The molecule has 206 valence electrons. The van der Waals surface area contributed by atoms with Crippen LogP contribution in [0.1, 0.15) is 79.2 Å². The summed E-state index contributed by atoms with van der Waals surface area (Å²) in [7, 11) is 0. The van der Waals surface area contributed by atoms with Crippen LogP contribution in [0.15, 0.2) is 24.3 Å². The van der Waals surface area contributed by atoms with Gasteiger partial charge in [0.1, 0.15) is 11.6 Å². The number of piperidine rings is 2. The first-order valence-corrected chi connectivity index (χ1v) is 13.9. The molecule has 3 rings (SSSR count). The number of hydrogen-bond acceptors (Lipinski definition) is 4. The molecule has 0 radical (unpaired) electrons. The lowest BCUT2D eigenvalue weighted by molar-refractivity contribution is -0.142. The molecule has 2 aliphatic heterocycles. The molecule has 1 N–H and O–H groups in total. The van der Waals surface area contributed by atoms with Crippen LogP contribution in [0.3, 0.4) is 0 Å². The van der Waals surface area contributed by atoms with E-state index in [1.54, 1.807) is 4.90 Å². The Morgan fingerprint density at radius 1 is 1.05 bits per heavy atom. The quantitative estimate of drug-likeness (QED) is 0.544. The van der Waals surface area contributed by atoms with E-state index in [4.69, 9.17) is 16.3 Å². The van der Waals surface area contributed by atoms with Gasteiger partial charge < -0.3 is 19.9 Å². The Hall–Kier alpha value is -2.28. The average molecular weight is 534 g/mol. The summed E-state index contributed by atoms with van der Waals surface area (Å²) in [5.41, 5.74) is 0.530. The second kappa shape index (κ2) is 11.6. The molecule has 0 bridgehead atoms. The Labute approximate surface area is 227 Å². The summed E-state index contributed by atoms with van der Waals surface area (Å²) in [4.78, 5) is 43.0. The first-order chi connectivity index (χ1) is 17.2. The van der Waals surface area contributed by atoms with Crippen molar-refractivity contribution in [2.24, 2.45) is 17.3 Å². The molecular formula is C29H44ClN3O4. The van der Waals surface area contributed by atoms with Crippen molar-refractivity contribution in [3.8, 4) is 0 Å². The largest absolute Gasteiger partial charge is 0.444 e. The van der Waals surface area contributed by atoms with Gasteiger partial charge in [-0.2, -0.15) is 0 Å². The molecule has 8 heteroatoms. The molecule has 7 nitrogen and oxygen atoms in total. The van der Waals surface area contributed by atoms with Gasteiger partial charge in [0.2, 0.25) is 11.8 Å². The van der Waals surface area contributed by atoms with Crippen LogP contribution in [-0.2, 0) is 14.3 Å². The number of nitrogens with one attached hydrogen (secondary N) is 1. The molecule has 1 aromatic rings. The summed E-state index contributed by atoms with van der Waals surface area (Å²) < 4.78 is 5.50. The zero-order valence-electron chi connectivity index (χ0n) is 23.5. The molecule has 2 fully saturated rings. The normalized spacial score (nSPS) is 22.9. The molecule has 2 aliphatic rings. The molecule has 0 spiro atoms. The maximum atomic E-state index is 13.7. The number of ether oxygens (including phenoxy) is 1. The fourth-order valence-corrected chi connectivity index (χ4v) is 5.65. The van der Waals surface area contributed by atoms with Crippen molar-refractivity contribution in [3.05, 3.63) is 34.9 Å². The number of carbonyl (C=O) groups excluding carboxylic acids is 3. The van der Waals surface area contributed by atoms with E-state index in [9.17, 15) is 14.4 Å². The predicted molar refractivity (Wildman–Crippen MR) is 146 cm³/mol. The second-order valence-electron chi connectivity index (χ2n) is 12.6. The number of carbonyl (C=O) groups is 3. The van der Waals surface area contributed by atoms with Crippen molar-refractivity contribution >= 4 is 29.5 Å². The molecule has 1 unspecified atom stereocenters. The minimum absolute atomic E-state index is 0.0363. The minimum atomic E-state index is -0.604. The summed E-state index contributed by atoms with van der Waals surface area (Å²) >= 11 is 6.08. The van der Waals surface area contributed by atoms with E-state index in [1.165, 1.54) is 5.56 Å². The van der Waals surface area contributed by atoms with E-state index in [-0.39, 0.29) is 29.1 Å². The maximum Gasteiger partial charge on any atom is 0.410 e. The van der Waals surface area contributed by atoms with Gasteiger partial charge in [0, 0.05) is 31.2 Å². The van der Waals surface area contributed by atoms with E-state index < -0.39 is 17.7 Å². The number of hydrogen-bond donors (Lipinski definition) is 1. The van der Waals surface area contributed by atoms with Crippen LogP contribution in [0.5, 0.6) is 0 Å². The summed E-state index contributed by atoms with van der Waals surface area (Å²) in [6, 6.07) is 7.39. The zero-order chi connectivity index (χ0) is 27.5. The van der Waals surface area contributed by atoms with Gasteiger partial charge >= 0.3 is 6.09 Å². The number of likely N-dealkylation sites (tertiary alicyclic amines) is 2. The van der Waals surface area contributed by atoms with Gasteiger partial charge in [-0.1, -0.05) is 51.4 Å². The van der Waals surface area contributed by atoms with E-state index in [0.29, 0.717) is 38.5 Å². The first kappa shape index (κ1) is 29.3. The molecule has 3 amide bonds. The fraction of sp³-hybridized carbons (Fsp3) is 0.690. The van der Waals surface area contributed by atoms with Crippen molar-refractivity contribution in [1.82, 2.24) is 15.1 Å². The highest BCUT2D eigenvalue weighted by atomic mass is 35.5. The van der Waals surface area contributed by atoms with E-state index in [2.05, 4.69) is 31.3 Å². The van der Waals surface area contributed by atoms with Crippen LogP contribution in [0.2, 0.25) is 5.02 Å². The zero-order valence-corrected chi connectivity index (χ0v) is 24.2. The third-order valence-electron chi connectivity index (χ3n) is 7.49. The van der Waals surface area contributed by atoms with Gasteiger partial charge in [0.05, 0.1) is 5.92 Å². The Balaban J connectivity index is 1.64. The molecular weight excluding hydrogens is 490 g/mol. The standard InChI is InChI=1S/C29H44ClN3O4/c1-19(2)24(31-25(34)21-9-8-15-32(17-21)27(36)37-28(3,4)5)26(35)33-16-14-23(29(6,7)18-33)20-10-12-22(30)13-11-20/h10-13,19,21,23-24H,8-9,14-18H2,1-7H3,(H,31,34)/t21-,23?,24+/m0/s1. The van der Waals surface area contributed by atoms with E-state index in [0.717, 1.165) is 17.9 Å². The van der Waals surface area contributed by atoms with Crippen LogP contribution < -0.4 is 5.32 Å². The number of benzene rings is 1. The van der Waals surface area contributed by atoms with Crippen molar-refractivity contribution in [2.45, 2.75) is 85.3 Å². The van der Waals surface area contributed by atoms with Gasteiger partial charge in [0.25, 0.3) is 0 Å². The number of rotatable bonds is 5. The van der Waals surface area contributed by atoms with E-state index >= 15 is 0 Å². The first-order valence-electron chi connectivity index (χ1n) is 13.5. The molecule has 2 heterocycles. The maximum absolute atomic E-state index is 13.7. The molecule has 0 saturated carbocycles. The van der Waals surface area contributed by atoms with Crippen LogP contribution >= 0.6 is 11.6 Å². The molecule has 37 heavy (non-hydrogen) atoms. The third-order valence-corrected chi connectivity index (χ3v) is 7.74. The van der Waals surface area contributed by atoms with Crippen LogP contribution in [0.4, 0.5) is 4.79 Å². The van der Waals surface area contributed by atoms with Gasteiger partial charge in [-0.15, -0.1) is 0 Å². The molecule has 0 aliphatic carbocycles. The summed E-state index contributed by atoms with van der Waals surface area (Å²) in [5.74, 6) is -0.301. The average Bonchev–Trinajstić information content (AvgIpc) is 2.81. The fourth-order valence-electron chi connectivity index (χ4n) is 5.52. The third kappa shape index (κ3) is 7.62. The highest BCUT2D eigenvalue weighted by Gasteiger charge is 2.41. The summed E-state index contributed by atoms with van der Waals surface area (Å²) in [5, 5.41) is 3.76. The predicted octanol–water partition coefficient (Wildman–Crippen LogP) is 5.47. The summed E-state index contributed by atoms with van der Waals surface area (Å²) in [6.45, 7) is 15.9. The summed E-state index contributed by atoms with van der Waals surface area (Å²) in [6.07, 6.45) is 1.87. The Kier molecular flexibility index (Phi) is 9.20. The lowest BCUT2D eigenvalue weighted by atomic mass is 9.70. The Morgan fingerprint density at radius 3 is 2.27 bits per heavy atom. The van der Waals surface area contributed by atoms with Gasteiger partial charge in [0.15, 0.2) is 0 Å². The van der Waals surface area contributed by atoms with Crippen molar-refractivity contribution in [1.29, 1.82) is 0 Å². The number of nitrogens with zero attached hydrogens (tertiary/aromatic N) is 2. The highest BCUT2D eigenvalue weighted by molar-refractivity contribution is 6.30. The lowest BCUT2D eigenvalue weighted by Gasteiger charge is -2.46. The molecule has 1 aromatic carbocycles. The van der Waals surface area contributed by atoms with Crippen molar-refractivity contribution in [2.75, 3.05) is 26.2 Å². The van der Waals surface area contributed by atoms with Crippen LogP contribution in [0.25, 0.3) is 0 Å². The molecule has 0 aromatic heterocycles. The van der Waals surface area contributed by atoms with Gasteiger partial charge in [-0.25, -0.2) is 4.79 Å². The van der Waals surface area contributed by atoms with Crippen molar-refractivity contribution in [3.63, 3.8) is 0 Å². The number of amides is 3. The molecule has 3 atom stereocenters. The second-order valence-corrected chi connectivity index (χ2v) is 13.1. The van der Waals surface area contributed by atoms with Gasteiger partial charge in [-0.3, -0.25) is 9.59 Å². The number of halogens is 1. The topological polar surface area (TPSA) is 79.0 Å². The molecule has 2 saturated heterocycles. The Bertz CT molecular complexity index is 970. The lowest BCUT2D eigenvalue weighted by Crippen LogP contribution is -2.57. The van der Waals surface area contributed by atoms with E-state index in [1.807, 2.05) is 51.7 Å². The van der Waals surface area contributed by atoms with Crippen LogP contribution in [0, 0.1) is 17.3 Å². The Morgan fingerprint density at radius 2 is 1.70 bits per heavy atom. The minimum Gasteiger partial charge on any atom is -0.444 e. The SMILES string of the molecule is CC(C)[C@@H](NC(=O)[C@H]1CCCN(C(=O)OC(C)(C)C)C1)C(=O)N1CCC(c2ccc(Cl)cc2)C(C)(C)C1.